The molecule has 0 atom stereocenters. The van der Waals surface area contributed by atoms with Crippen molar-refractivity contribution in [3.63, 3.8) is 0 Å². The molecule has 1 heterocycles. The molecule has 0 spiro atoms. The van der Waals surface area contributed by atoms with E-state index in [4.69, 9.17) is 10.00 Å². The highest BCUT2D eigenvalue weighted by molar-refractivity contribution is 5.95. The lowest BCUT2D eigenvalue weighted by molar-refractivity contribution is -0.298. The van der Waals surface area contributed by atoms with E-state index in [0.29, 0.717) is 18.8 Å². The molecule has 1 aromatic carbocycles. The molecule has 0 amide bonds. The second kappa shape index (κ2) is 6.03. The number of carboxylic acid groups (broad SMARTS) is 1. The Hall–Kier alpha value is -2.32. The van der Waals surface area contributed by atoms with Crippen molar-refractivity contribution >= 4 is 17.7 Å². The number of rotatable bonds is 3. The van der Waals surface area contributed by atoms with Crippen LogP contribution in [0.4, 0.5) is 5.69 Å². The molecular weight excluding hydrogens is 244 g/mol. The van der Waals surface area contributed by atoms with E-state index in [1.165, 1.54) is 6.08 Å². The summed E-state index contributed by atoms with van der Waals surface area (Å²) in [5.74, 6) is -1.46. The number of carbonyl (C=O) groups excluding carboxylic acids is 1. The first-order valence-electron chi connectivity index (χ1n) is 5.96. The molecule has 0 aromatic heterocycles. The van der Waals surface area contributed by atoms with Crippen LogP contribution in [0.1, 0.15) is 5.56 Å². The number of nitrogens with zero attached hydrogens (tertiary/aromatic N) is 2. The van der Waals surface area contributed by atoms with Crippen LogP contribution in [0, 0.1) is 11.3 Å². The van der Waals surface area contributed by atoms with Crippen molar-refractivity contribution in [1.29, 1.82) is 5.26 Å². The van der Waals surface area contributed by atoms with Gasteiger partial charge >= 0.3 is 0 Å². The Labute approximate surface area is 111 Å². The molecule has 1 aromatic rings. The molecule has 1 saturated heterocycles. The van der Waals surface area contributed by atoms with Crippen molar-refractivity contribution in [1.82, 2.24) is 0 Å². The Bertz CT molecular complexity index is 523. The van der Waals surface area contributed by atoms with E-state index < -0.39 is 5.97 Å². The summed E-state index contributed by atoms with van der Waals surface area (Å²) in [6, 6.07) is 8.97. The first-order valence-corrected chi connectivity index (χ1v) is 5.96. The highest BCUT2D eigenvalue weighted by Gasteiger charge is 2.10. The lowest BCUT2D eigenvalue weighted by atomic mass is 10.1. The Balaban J connectivity index is 2.14. The fourth-order valence-corrected chi connectivity index (χ4v) is 1.91. The molecule has 0 bridgehead atoms. The second-order valence-electron chi connectivity index (χ2n) is 4.15. The molecule has 0 radical (unpaired) electrons. The van der Waals surface area contributed by atoms with Crippen molar-refractivity contribution in [3.8, 4) is 6.07 Å². The van der Waals surface area contributed by atoms with Crippen molar-refractivity contribution in [2.45, 2.75) is 0 Å². The molecule has 0 aliphatic carbocycles. The van der Waals surface area contributed by atoms with E-state index in [0.717, 1.165) is 18.8 Å². The molecule has 5 heteroatoms. The van der Waals surface area contributed by atoms with Crippen LogP contribution < -0.4 is 10.0 Å². The van der Waals surface area contributed by atoms with Crippen LogP contribution in [-0.2, 0) is 9.53 Å². The predicted molar refractivity (Wildman–Crippen MR) is 68.1 cm³/mol. The summed E-state index contributed by atoms with van der Waals surface area (Å²) in [5.41, 5.74) is 1.35. The van der Waals surface area contributed by atoms with Gasteiger partial charge in [-0.3, -0.25) is 0 Å². The van der Waals surface area contributed by atoms with Gasteiger partial charge in [-0.25, -0.2) is 0 Å². The maximum absolute atomic E-state index is 10.6. The van der Waals surface area contributed by atoms with Crippen LogP contribution in [0.5, 0.6) is 0 Å². The van der Waals surface area contributed by atoms with E-state index in [1.807, 2.05) is 12.1 Å². The number of morpholine rings is 1. The highest BCUT2D eigenvalue weighted by Crippen LogP contribution is 2.17. The minimum absolute atomic E-state index is 0.376. The maximum Gasteiger partial charge on any atom is 0.101 e. The van der Waals surface area contributed by atoms with Crippen LogP contribution in [0.25, 0.3) is 6.08 Å². The Morgan fingerprint density at radius 2 is 1.95 bits per heavy atom. The third-order valence-electron chi connectivity index (χ3n) is 2.92. The first kappa shape index (κ1) is 13.1. The monoisotopic (exact) mass is 257 g/mol. The fraction of sp³-hybridized carbons (Fsp3) is 0.286. The third-order valence-corrected chi connectivity index (χ3v) is 2.92. The molecule has 5 nitrogen and oxygen atoms in total. The maximum atomic E-state index is 10.6. The van der Waals surface area contributed by atoms with Crippen LogP contribution in [-0.4, -0.2) is 32.3 Å². The number of ether oxygens (including phenoxy) is 1. The van der Waals surface area contributed by atoms with Crippen LogP contribution in [0.3, 0.4) is 0 Å². The zero-order chi connectivity index (χ0) is 13.7. The minimum Gasteiger partial charge on any atom is -0.544 e. The Morgan fingerprint density at radius 1 is 1.32 bits per heavy atom. The molecule has 2 rings (SSSR count). The number of aliphatic carboxylic acids is 1. The summed E-state index contributed by atoms with van der Waals surface area (Å²) < 4.78 is 5.28. The third kappa shape index (κ3) is 3.33. The van der Waals surface area contributed by atoms with Gasteiger partial charge in [-0.15, -0.1) is 0 Å². The second-order valence-corrected chi connectivity index (χ2v) is 4.15. The molecule has 0 saturated carbocycles. The zero-order valence-corrected chi connectivity index (χ0v) is 10.3. The van der Waals surface area contributed by atoms with Crippen molar-refractivity contribution in [2.75, 3.05) is 31.2 Å². The summed E-state index contributed by atoms with van der Waals surface area (Å²) in [4.78, 5) is 12.8. The highest BCUT2D eigenvalue weighted by atomic mass is 16.5. The number of benzene rings is 1. The molecule has 1 aliphatic heterocycles. The van der Waals surface area contributed by atoms with E-state index in [9.17, 15) is 9.90 Å². The largest absolute Gasteiger partial charge is 0.544 e. The molecule has 98 valence electrons. The van der Waals surface area contributed by atoms with Crippen LogP contribution in [0.15, 0.2) is 29.8 Å². The lowest BCUT2D eigenvalue weighted by Crippen LogP contribution is -2.36. The fourth-order valence-electron chi connectivity index (χ4n) is 1.91. The summed E-state index contributed by atoms with van der Waals surface area (Å²) >= 11 is 0. The van der Waals surface area contributed by atoms with Crippen molar-refractivity contribution < 1.29 is 14.6 Å². The molecular formula is C14H13N2O3-. The van der Waals surface area contributed by atoms with Gasteiger partial charge in [0.1, 0.15) is 6.07 Å². The molecule has 1 fully saturated rings. The average molecular weight is 257 g/mol. The minimum atomic E-state index is -1.46. The van der Waals surface area contributed by atoms with Gasteiger partial charge in [0.25, 0.3) is 0 Å². The topological polar surface area (TPSA) is 76.4 Å². The van der Waals surface area contributed by atoms with E-state index in [-0.39, 0.29) is 5.57 Å². The van der Waals surface area contributed by atoms with Crippen LogP contribution in [0.2, 0.25) is 0 Å². The molecule has 19 heavy (non-hydrogen) atoms. The van der Waals surface area contributed by atoms with Gasteiger partial charge in [0.05, 0.1) is 24.8 Å². The van der Waals surface area contributed by atoms with Gasteiger partial charge in [-0.1, -0.05) is 12.1 Å². The smallest absolute Gasteiger partial charge is 0.101 e. The number of anilines is 1. The Morgan fingerprint density at radius 3 is 2.47 bits per heavy atom. The van der Waals surface area contributed by atoms with Crippen molar-refractivity contribution in [2.24, 2.45) is 0 Å². The lowest BCUT2D eigenvalue weighted by Gasteiger charge is -2.28. The van der Waals surface area contributed by atoms with E-state index in [2.05, 4.69) is 4.90 Å². The number of nitriles is 1. The first-order chi connectivity index (χ1) is 9.20. The van der Waals surface area contributed by atoms with Gasteiger partial charge in [-0.05, 0) is 23.8 Å². The van der Waals surface area contributed by atoms with Crippen LogP contribution >= 0.6 is 0 Å². The van der Waals surface area contributed by atoms with Gasteiger partial charge in [0.15, 0.2) is 0 Å². The summed E-state index contributed by atoms with van der Waals surface area (Å²) in [6.07, 6.45) is 1.30. The van der Waals surface area contributed by atoms with Crippen molar-refractivity contribution in [3.05, 3.63) is 35.4 Å². The molecule has 0 N–H and O–H groups in total. The molecule has 1 aliphatic rings. The average Bonchev–Trinajstić information content (AvgIpc) is 2.46. The normalized spacial score (nSPS) is 15.9. The summed E-state index contributed by atoms with van der Waals surface area (Å²) in [6.45, 7) is 3.12. The van der Waals surface area contributed by atoms with Gasteiger partial charge in [-0.2, -0.15) is 5.26 Å². The predicted octanol–water partition coefficient (Wildman–Crippen LogP) is 0.180. The summed E-state index contributed by atoms with van der Waals surface area (Å²) in [5, 5.41) is 19.3. The zero-order valence-electron chi connectivity index (χ0n) is 10.3. The summed E-state index contributed by atoms with van der Waals surface area (Å²) in [7, 11) is 0. The number of carbonyl (C=O) groups is 1. The van der Waals surface area contributed by atoms with E-state index in [1.54, 1.807) is 18.2 Å². The number of hydrogen-bond donors (Lipinski definition) is 0. The van der Waals surface area contributed by atoms with Gasteiger partial charge in [0, 0.05) is 18.8 Å². The molecule has 0 unspecified atom stereocenters. The SMILES string of the molecule is N#C/C(=C\c1ccc(N2CCOCC2)cc1)C(=O)[O-]. The van der Waals surface area contributed by atoms with Gasteiger partial charge < -0.3 is 19.5 Å². The van der Waals surface area contributed by atoms with E-state index >= 15 is 0 Å². The standard InChI is InChI=1S/C14H14N2O3/c15-10-12(14(17)18)9-11-1-3-13(4-2-11)16-5-7-19-8-6-16/h1-4,9H,5-8H2,(H,17,18)/p-1/b12-9+. The Kier molecular flexibility index (Phi) is 4.16. The number of carboxylic acids is 1. The number of hydrogen-bond acceptors (Lipinski definition) is 5. The quantitative estimate of drug-likeness (QED) is 0.570. The van der Waals surface area contributed by atoms with Gasteiger partial charge in [0.2, 0.25) is 0 Å².